The van der Waals surface area contributed by atoms with Gasteiger partial charge in [0.2, 0.25) is 53.2 Å². The molecule has 618 valence electrons. The van der Waals surface area contributed by atoms with Crippen LogP contribution < -0.4 is 47.9 Å². The maximum absolute atomic E-state index is 13.8. The van der Waals surface area contributed by atoms with Crippen LogP contribution in [0.25, 0.3) is 0 Å². The van der Waals surface area contributed by atoms with E-state index < -0.39 is 189 Å². The SMILES string of the molecule is CC(=O)NC1C(OCCOCCNC(=O)CCC(NC(=O)CCC(NC(=O)CCCCCCCCCCC(=O)NC[C@@H]2C[C@H](OC(C)(C)C)[C@@H](CO)O2)C(=O)NCCOCCOC2OC(CO)C(O)C(O)C2NC(C)=O)C(=O)NCCOCCOC2O[C@H](CO)C(O)C(O)C2NC(C)=O)OC(CO)C(O)C1O. The van der Waals surface area contributed by atoms with Crippen molar-refractivity contribution in [2.24, 2.45) is 0 Å². The van der Waals surface area contributed by atoms with E-state index >= 15 is 0 Å². The second-order valence-corrected chi connectivity index (χ2v) is 27.6. The Kier molecular flexibility index (Phi) is 44.7. The molecule has 4 fully saturated rings. The molecule has 0 radical (unpaired) electrons. The molecule has 4 heterocycles. The molecule has 4 aliphatic heterocycles. The molecule has 16 unspecified atom stereocenters. The normalized spacial score (nSPS) is 27.8. The van der Waals surface area contributed by atoms with E-state index in [0.717, 1.165) is 32.1 Å². The van der Waals surface area contributed by atoms with Crippen molar-refractivity contribution in [1.82, 2.24) is 47.9 Å². The van der Waals surface area contributed by atoms with E-state index in [-0.39, 0.29) is 130 Å². The van der Waals surface area contributed by atoms with Gasteiger partial charge in [-0.2, -0.15) is 0 Å². The van der Waals surface area contributed by atoms with Gasteiger partial charge in [0.05, 0.1) is 104 Å². The summed E-state index contributed by atoms with van der Waals surface area (Å²) in [5.74, 6) is -4.89. The highest BCUT2D eigenvalue weighted by molar-refractivity contribution is 5.90. The Balaban J connectivity index is 1.32. The van der Waals surface area contributed by atoms with Gasteiger partial charge in [0.25, 0.3) is 0 Å². The lowest BCUT2D eigenvalue weighted by molar-refractivity contribution is -0.272. The van der Waals surface area contributed by atoms with E-state index in [9.17, 15) is 94.2 Å². The second-order valence-electron chi connectivity index (χ2n) is 27.6. The number of hydrogen-bond acceptors (Lipinski definition) is 30. The van der Waals surface area contributed by atoms with Crippen LogP contribution in [0.5, 0.6) is 0 Å². The zero-order valence-electron chi connectivity index (χ0n) is 62.3. The van der Waals surface area contributed by atoms with Gasteiger partial charge in [-0.3, -0.25) is 43.2 Å². The average molecular weight is 1540 g/mol. The van der Waals surface area contributed by atoms with Gasteiger partial charge >= 0.3 is 0 Å². The van der Waals surface area contributed by atoms with Crippen molar-refractivity contribution in [2.75, 3.05) is 112 Å². The first-order valence-electron chi connectivity index (χ1n) is 36.9. The number of carbonyl (C=O) groups is 9. The van der Waals surface area contributed by atoms with Gasteiger partial charge < -0.3 is 151 Å². The number of aliphatic hydroxyl groups excluding tert-OH is 10. The summed E-state index contributed by atoms with van der Waals surface area (Å²) in [6.07, 6.45) is -11.6. The number of carbonyl (C=O) groups excluding carboxylic acids is 9. The molecule has 0 aromatic carbocycles. The van der Waals surface area contributed by atoms with Gasteiger partial charge in [-0.15, -0.1) is 0 Å². The molecule has 0 spiro atoms. The molecule has 39 heteroatoms. The van der Waals surface area contributed by atoms with Crippen LogP contribution in [0.15, 0.2) is 0 Å². The predicted octanol–water partition coefficient (Wildman–Crippen LogP) is -6.85. The Morgan fingerprint density at radius 3 is 1.10 bits per heavy atom. The first-order valence-corrected chi connectivity index (χ1v) is 36.9. The maximum atomic E-state index is 13.8. The van der Waals surface area contributed by atoms with Gasteiger partial charge in [-0.05, 0) is 46.5 Å². The molecule has 4 saturated heterocycles. The van der Waals surface area contributed by atoms with E-state index in [1.54, 1.807) is 0 Å². The monoisotopic (exact) mass is 1540 g/mol. The molecular weight excluding hydrogens is 1420 g/mol. The first kappa shape index (κ1) is 93.8. The zero-order valence-corrected chi connectivity index (χ0v) is 62.3. The Labute approximate surface area is 623 Å². The Morgan fingerprint density at radius 1 is 0.402 bits per heavy atom. The van der Waals surface area contributed by atoms with E-state index in [1.807, 2.05) is 20.8 Å². The molecular formula is C68H121N9O30. The van der Waals surface area contributed by atoms with E-state index in [2.05, 4.69) is 47.9 Å². The lowest BCUT2D eigenvalue weighted by Gasteiger charge is -2.42. The minimum atomic E-state index is -1.54. The molecule has 107 heavy (non-hydrogen) atoms. The Hall–Kier alpha value is -5.61. The molecule has 0 saturated carbocycles. The van der Waals surface area contributed by atoms with E-state index in [4.69, 9.17) is 52.1 Å². The fraction of sp³-hybridized carbons (Fsp3) is 0.868. The zero-order chi connectivity index (χ0) is 79.0. The lowest BCUT2D eigenvalue weighted by Crippen LogP contribution is -2.64. The van der Waals surface area contributed by atoms with Crippen LogP contribution in [0.2, 0.25) is 0 Å². The summed E-state index contributed by atoms with van der Waals surface area (Å²) in [5, 5.41) is 125. The second kappa shape index (κ2) is 51.0. The van der Waals surface area contributed by atoms with Gasteiger partial charge in [-0.1, -0.05) is 38.5 Å². The third-order valence-electron chi connectivity index (χ3n) is 17.6. The summed E-state index contributed by atoms with van der Waals surface area (Å²) in [5.41, 5.74) is -0.404. The van der Waals surface area contributed by atoms with Crippen molar-refractivity contribution in [3.8, 4) is 0 Å². The molecule has 0 aromatic rings. The van der Waals surface area contributed by atoms with Gasteiger partial charge in [0, 0.05) is 79.1 Å². The van der Waals surface area contributed by atoms with Gasteiger partial charge in [0.1, 0.15) is 91.2 Å². The first-order chi connectivity index (χ1) is 51.0. The number of unbranched alkanes of at least 4 members (excludes halogenated alkanes) is 7. The van der Waals surface area contributed by atoms with Gasteiger partial charge in [0.15, 0.2) is 18.9 Å². The van der Waals surface area contributed by atoms with E-state index in [0.29, 0.717) is 38.6 Å². The van der Waals surface area contributed by atoms with Crippen LogP contribution in [0.4, 0.5) is 0 Å². The fourth-order valence-corrected chi connectivity index (χ4v) is 12.1. The molecule has 39 nitrogen and oxygen atoms in total. The van der Waals surface area contributed by atoms with Crippen LogP contribution in [0.3, 0.4) is 0 Å². The quantitative estimate of drug-likeness (QED) is 0.0252. The van der Waals surface area contributed by atoms with Crippen LogP contribution >= 0.6 is 0 Å². The van der Waals surface area contributed by atoms with Crippen molar-refractivity contribution in [2.45, 2.75) is 266 Å². The fourth-order valence-electron chi connectivity index (χ4n) is 12.1. The number of rotatable bonds is 52. The summed E-state index contributed by atoms with van der Waals surface area (Å²) >= 11 is 0. The topological polar surface area (TPSA) is 566 Å². The smallest absolute Gasteiger partial charge is 0.242 e. The summed E-state index contributed by atoms with van der Waals surface area (Å²) < 4.78 is 62.4. The molecule has 0 aromatic heterocycles. The van der Waals surface area contributed by atoms with Crippen LogP contribution in [0.1, 0.15) is 138 Å². The molecule has 20 atom stereocenters. The molecule has 4 rings (SSSR count). The van der Waals surface area contributed by atoms with Crippen LogP contribution in [-0.4, -0.2) is 344 Å². The summed E-state index contributed by atoms with van der Waals surface area (Å²) in [6.45, 7) is 6.38. The van der Waals surface area contributed by atoms with Crippen LogP contribution in [0, 0.1) is 0 Å². The van der Waals surface area contributed by atoms with Crippen molar-refractivity contribution < 1.29 is 146 Å². The molecule has 19 N–H and O–H groups in total. The average Bonchev–Trinajstić information content (AvgIpc) is 1.61. The standard InChI is InChI=1S/C68H121N9O30/c1-39(82)73-54-60(92)57(89)47(36-79)104-65(54)100-30-27-97-24-21-69-51(86)19-17-43(63(95)70-22-25-98-28-31-101-66-55(74-40(2)83)61(93)58(90)48(37-80)105-66)77-53(88)20-18-44(64(96)71-23-26-99-29-32-102-67-56(75-41(3)84)62(94)59(91)49(38-81)106-67)76-52(87)16-14-12-10-8-7-9-11-13-15-50(85)72-34-42-33-45(46(35-78)103-42)107-68(4,5)6/h42-49,54-62,65-67,78-81,89-94H,7-38H2,1-6H3,(H,69,86)(H,70,95)(H,71,96)(H,72,85)(H,73,82)(H,74,83)(H,75,84)(H,76,87)(H,77,88)/t42-,43?,44?,45-,46+,47?,48+,49?,54?,55?,56?,57?,58?,59?,60?,61?,62?,65?,66?,67?/m0/s1. The largest absolute Gasteiger partial charge is 0.394 e. The molecule has 9 amide bonds. The highest BCUT2D eigenvalue weighted by Gasteiger charge is 2.48. The predicted molar refractivity (Wildman–Crippen MR) is 372 cm³/mol. The van der Waals surface area contributed by atoms with Crippen molar-refractivity contribution in [3.05, 3.63) is 0 Å². The van der Waals surface area contributed by atoms with Crippen molar-refractivity contribution >= 4 is 53.2 Å². The summed E-state index contributed by atoms with van der Waals surface area (Å²) in [6, 6.07) is -6.17. The highest BCUT2D eigenvalue weighted by atomic mass is 16.7. The van der Waals surface area contributed by atoms with E-state index in [1.165, 1.54) is 20.8 Å². The lowest BCUT2D eigenvalue weighted by atomic mass is 9.97. The Morgan fingerprint density at radius 2 is 0.738 bits per heavy atom. The minimum absolute atomic E-state index is 0.0226. The number of aliphatic hydroxyl groups is 10. The van der Waals surface area contributed by atoms with Crippen molar-refractivity contribution in [1.29, 1.82) is 0 Å². The van der Waals surface area contributed by atoms with Crippen LogP contribution in [-0.2, 0) is 95.3 Å². The summed E-state index contributed by atoms with van der Waals surface area (Å²) in [7, 11) is 0. The number of nitrogens with one attached hydrogen (secondary N) is 9. The number of ether oxygens (including phenoxy) is 11. The van der Waals surface area contributed by atoms with Gasteiger partial charge in [-0.25, -0.2) is 0 Å². The molecule has 4 aliphatic rings. The number of amides is 9. The highest BCUT2D eigenvalue weighted by Crippen LogP contribution is 2.28. The van der Waals surface area contributed by atoms with Crippen molar-refractivity contribution in [3.63, 3.8) is 0 Å². The summed E-state index contributed by atoms with van der Waals surface area (Å²) in [4.78, 5) is 116. The number of hydrogen-bond donors (Lipinski definition) is 19. The Bertz CT molecular complexity index is 2640. The third kappa shape index (κ3) is 35.5. The molecule has 0 aliphatic carbocycles. The minimum Gasteiger partial charge on any atom is -0.394 e. The third-order valence-corrected chi connectivity index (χ3v) is 17.6. The molecule has 0 bridgehead atoms. The maximum Gasteiger partial charge on any atom is 0.242 e.